The molecule has 0 radical (unpaired) electrons. The fourth-order valence-corrected chi connectivity index (χ4v) is 3.48. The molecule has 0 bridgehead atoms. The maximum absolute atomic E-state index is 6.53. The van der Waals surface area contributed by atoms with Crippen LogP contribution in [-0.4, -0.2) is 18.8 Å². The first-order chi connectivity index (χ1) is 9.07. The standard InChI is InChI=1S/C17H27NO/c1-13-7-6-10-17(12-13,19-3)16(18)11-15-9-5-4-8-14(15)2/h4-5,8-9,13,16H,6-7,10-12,18H2,1-3H3. The van der Waals surface area contributed by atoms with Crippen molar-refractivity contribution in [1.82, 2.24) is 0 Å². The summed E-state index contributed by atoms with van der Waals surface area (Å²) < 4.78 is 5.90. The number of hydrogen-bond acceptors (Lipinski definition) is 2. The highest BCUT2D eigenvalue weighted by Gasteiger charge is 2.40. The molecule has 0 amide bonds. The first-order valence-electron chi connectivity index (χ1n) is 7.42. The third-order valence-corrected chi connectivity index (χ3v) is 4.77. The molecular formula is C17H27NO. The molecule has 0 heterocycles. The predicted molar refractivity (Wildman–Crippen MR) is 80.2 cm³/mol. The number of ether oxygens (including phenoxy) is 1. The number of methoxy groups -OCH3 is 1. The third-order valence-electron chi connectivity index (χ3n) is 4.77. The number of hydrogen-bond donors (Lipinski definition) is 1. The van der Waals surface area contributed by atoms with E-state index in [1.54, 1.807) is 0 Å². The van der Waals surface area contributed by atoms with Gasteiger partial charge in [-0.25, -0.2) is 0 Å². The zero-order chi connectivity index (χ0) is 13.9. The van der Waals surface area contributed by atoms with Crippen molar-refractivity contribution in [3.05, 3.63) is 35.4 Å². The molecule has 1 saturated carbocycles. The lowest BCUT2D eigenvalue weighted by atomic mass is 9.73. The molecule has 0 aromatic heterocycles. The van der Waals surface area contributed by atoms with Crippen LogP contribution in [0.4, 0.5) is 0 Å². The Morgan fingerprint density at radius 1 is 1.42 bits per heavy atom. The van der Waals surface area contributed by atoms with Crippen molar-refractivity contribution in [2.45, 2.75) is 57.6 Å². The fraction of sp³-hybridized carbons (Fsp3) is 0.647. The van der Waals surface area contributed by atoms with Gasteiger partial charge in [0.25, 0.3) is 0 Å². The van der Waals surface area contributed by atoms with Crippen LogP contribution in [-0.2, 0) is 11.2 Å². The molecule has 2 rings (SSSR count). The molecule has 0 spiro atoms. The van der Waals surface area contributed by atoms with Crippen molar-refractivity contribution < 1.29 is 4.74 Å². The van der Waals surface area contributed by atoms with E-state index in [1.165, 1.54) is 24.0 Å². The molecule has 3 atom stereocenters. The van der Waals surface area contributed by atoms with E-state index < -0.39 is 0 Å². The summed E-state index contributed by atoms with van der Waals surface area (Å²) in [5.74, 6) is 0.719. The molecule has 106 valence electrons. The summed E-state index contributed by atoms with van der Waals surface area (Å²) in [7, 11) is 1.83. The number of nitrogens with two attached hydrogens (primary N) is 1. The largest absolute Gasteiger partial charge is 0.377 e. The maximum Gasteiger partial charge on any atom is 0.0834 e. The molecule has 0 saturated heterocycles. The highest BCUT2D eigenvalue weighted by Crippen LogP contribution is 2.37. The Morgan fingerprint density at radius 2 is 2.16 bits per heavy atom. The summed E-state index contributed by atoms with van der Waals surface area (Å²) in [6.45, 7) is 4.47. The van der Waals surface area contributed by atoms with Crippen molar-refractivity contribution >= 4 is 0 Å². The molecule has 0 aliphatic heterocycles. The Hall–Kier alpha value is -0.860. The Bertz CT molecular complexity index is 417. The van der Waals surface area contributed by atoms with Gasteiger partial charge in [0.1, 0.15) is 0 Å². The Labute approximate surface area is 117 Å². The topological polar surface area (TPSA) is 35.2 Å². The molecule has 1 fully saturated rings. The summed E-state index contributed by atoms with van der Waals surface area (Å²) in [6, 6.07) is 8.61. The van der Waals surface area contributed by atoms with E-state index >= 15 is 0 Å². The number of benzene rings is 1. The highest BCUT2D eigenvalue weighted by atomic mass is 16.5. The average Bonchev–Trinajstić information content (AvgIpc) is 2.41. The summed E-state index contributed by atoms with van der Waals surface area (Å²) in [5.41, 5.74) is 9.09. The van der Waals surface area contributed by atoms with Crippen molar-refractivity contribution in [2.24, 2.45) is 11.7 Å². The Balaban J connectivity index is 2.13. The van der Waals surface area contributed by atoms with Crippen LogP contribution in [0.15, 0.2) is 24.3 Å². The summed E-state index contributed by atoms with van der Waals surface area (Å²) in [4.78, 5) is 0. The lowest BCUT2D eigenvalue weighted by Gasteiger charge is -2.43. The van der Waals surface area contributed by atoms with Crippen LogP contribution in [0, 0.1) is 12.8 Å². The Kier molecular flexibility index (Phi) is 4.64. The highest BCUT2D eigenvalue weighted by molar-refractivity contribution is 5.27. The first kappa shape index (κ1) is 14.5. The van der Waals surface area contributed by atoms with Gasteiger partial charge >= 0.3 is 0 Å². The van der Waals surface area contributed by atoms with Crippen molar-refractivity contribution in [3.8, 4) is 0 Å². The van der Waals surface area contributed by atoms with Crippen LogP contribution in [0.3, 0.4) is 0 Å². The normalized spacial score (nSPS) is 29.2. The van der Waals surface area contributed by atoms with Gasteiger partial charge < -0.3 is 10.5 Å². The predicted octanol–water partition coefficient (Wildman–Crippen LogP) is 3.46. The molecule has 1 aliphatic rings. The minimum absolute atomic E-state index is 0.0846. The molecule has 1 aromatic carbocycles. The minimum atomic E-state index is -0.125. The van der Waals surface area contributed by atoms with E-state index in [9.17, 15) is 0 Å². The number of aryl methyl sites for hydroxylation is 1. The second-order valence-corrected chi connectivity index (χ2v) is 6.21. The molecule has 2 heteroatoms. The van der Waals surface area contributed by atoms with E-state index in [0.717, 1.165) is 25.2 Å². The zero-order valence-corrected chi connectivity index (χ0v) is 12.5. The second kappa shape index (κ2) is 6.06. The molecule has 3 unspecified atom stereocenters. The molecule has 2 nitrogen and oxygen atoms in total. The van der Waals surface area contributed by atoms with E-state index in [-0.39, 0.29) is 11.6 Å². The van der Waals surface area contributed by atoms with E-state index in [0.29, 0.717) is 0 Å². The van der Waals surface area contributed by atoms with E-state index in [1.807, 2.05) is 7.11 Å². The van der Waals surface area contributed by atoms with Gasteiger partial charge in [0.2, 0.25) is 0 Å². The van der Waals surface area contributed by atoms with Crippen LogP contribution >= 0.6 is 0 Å². The quantitative estimate of drug-likeness (QED) is 0.901. The SMILES string of the molecule is COC1(C(N)Cc2ccccc2C)CCCC(C)C1. The first-order valence-corrected chi connectivity index (χ1v) is 7.42. The number of rotatable bonds is 4. The van der Waals surface area contributed by atoms with Crippen LogP contribution in [0.2, 0.25) is 0 Å². The molecule has 1 aliphatic carbocycles. The van der Waals surface area contributed by atoms with Gasteiger partial charge in [0.05, 0.1) is 5.60 Å². The van der Waals surface area contributed by atoms with Crippen molar-refractivity contribution in [3.63, 3.8) is 0 Å². The summed E-state index contributed by atoms with van der Waals surface area (Å²) >= 11 is 0. The van der Waals surface area contributed by atoms with Crippen molar-refractivity contribution in [2.75, 3.05) is 7.11 Å². The van der Waals surface area contributed by atoms with Gasteiger partial charge in [-0.15, -0.1) is 0 Å². The maximum atomic E-state index is 6.53. The van der Waals surface area contributed by atoms with Crippen LogP contribution in [0.1, 0.15) is 43.7 Å². The molecule has 19 heavy (non-hydrogen) atoms. The fourth-order valence-electron chi connectivity index (χ4n) is 3.48. The van der Waals surface area contributed by atoms with Crippen molar-refractivity contribution in [1.29, 1.82) is 0 Å². The smallest absolute Gasteiger partial charge is 0.0834 e. The second-order valence-electron chi connectivity index (χ2n) is 6.21. The van der Waals surface area contributed by atoms with Gasteiger partial charge in [-0.3, -0.25) is 0 Å². The van der Waals surface area contributed by atoms with Crippen LogP contribution < -0.4 is 5.73 Å². The van der Waals surface area contributed by atoms with Gasteiger partial charge in [-0.2, -0.15) is 0 Å². The summed E-state index contributed by atoms with van der Waals surface area (Å²) in [5, 5.41) is 0. The van der Waals surface area contributed by atoms with E-state index in [4.69, 9.17) is 10.5 Å². The zero-order valence-electron chi connectivity index (χ0n) is 12.5. The van der Waals surface area contributed by atoms with Crippen LogP contribution in [0.25, 0.3) is 0 Å². The Morgan fingerprint density at radius 3 is 2.79 bits per heavy atom. The van der Waals surface area contributed by atoms with Gasteiger partial charge in [-0.1, -0.05) is 44.0 Å². The minimum Gasteiger partial charge on any atom is -0.377 e. The lowest BCUT2D eigenvalue weighted by molar-refractivity contribution is -0.0705. The van der Waals surface area contributed by atoms with Gasteiger partial charge in [-0.05, 0) is 43.2 Å². The lowest BCUT2D eigenvalue weighted by Crippen LogP contribution is -2.53. The van der Waals surface area contributed by atoms with Crippen LogP contribution in [0.5, 0.6) is 0 Å². The summed E-state index contributed by atoms with van der Waals surface area (Å²) in [6.07, 6.45) is 5.64. The van der Waals surface area contributed by atoms with Gasteiger partial charge in [0, 0.05) is 13.2 Å². The molecule has 1 aromatic rings. The van der Waals surface area contributed by atoms with Gasteiger partial charge in [0.15, 0.2) is 0 Å². The van der Waals surface area contributed by atoms with E-state index in [2.05, 4.69) is 38.1 Å². The third kappa shape index (κ3) is 3.18. The molecular weight excluding hydrogens is 234 g/mol. The monoisotopic (exact) mass is 261 g/mol. The molecule has 2 N–H and O–H groups in total. The average molecular weight is 261 g/mol.